The van der Waals surface area contributed by atoms with Crippen LogP contribution in [0.4, 0.5) is 16.2 Å². The fourth-order valence-electron chi connectivity index (χ4n) is 4.30. The highest BCUT2D eigenvalue weighted by molar-refractivity contribution is 5.89. The predicted octanol–water partition coefficient (Wildman–Crippen LogP) is 1.61. The van der Waals surface area contributed by atoms with Gasteiger partial charge >= 0.3 is 0 Å². The Morgan fingerprint density at radius 2 is 1.97 bits per heavy atom. The van der Waals surface area contributed by atoms with Crippen LogP contribution in [0.5, 0.6) is 0 Å². The summed E-state index contributed by atoms with van der Waals surface area (Å²) < 4.78 is 21.6. The van der Waals surface area contributed by atoms with Gasteiger partial charge in [0.1, 0.15) is 17.2 Å². The molecule has 11 heteroatoms. The third-order valence-corrected chi connectivity index (χ3v) is 6.08. The fourth-order valence-corrected chi connectivity index (χ4v) is 4.30. The SMILES string of the molecule is CNc1nc(N[C@H]2CN(C3COC3)C[C@H]2F)nn2ccc(-c3ccc4nccnc4n3)c12. The van der Waals surface area contributed by atoms with E-state index < -0.39 is 6.17 Å². The van der Waals surface area contributed by atoms with Crippen LogP contribution in [0.3, 0.4) is 0 Å². The van der Waals surface area contributed by atoms with Gasteiger partial charge in [0.15, 0.2) is 11.5 Å². The number of nitrogens with one attached hydrogen (secondary N) is 2. The molecule has 2 N–H and O–H groups in total. The first-order valence-electron chi connectivity index (χ1n) is 10.6. The van der Waals surface area contributed by atoms with E-state index in [-0.39, 0.29) is 6.04 Å². The van der Waals surface area contributed by atoms with Gasteiger partial charge in [0, 0.05) is 44.3 Å². The lowest BCUT2D eigenvalue weighted by Gasteiger charge is -2.34. The minimum absolute atomic E-state index is 0.308. The van der Waals surface area contributed by atoms with E-state index in [1.165, 1.54) is 0 Å². The van der Waals surface area contributed by atoms with E-state index in [1.807, 2.05) is 24.4 Å². The monoisotopic (exact) mass is 435 g/mol. The molecule has 6 heterocycles. The maximum absolute atomic E-state index is 14.7. The van der Waals surface area contributed by atoms with E-state index in [0.29, 0.717) is 49.8 Å². The zero-order valence-electron chi connectivity index (χ0n) is 17.4. The molecule has 164 valence electrons. The van der Waals surface area contributed by atoms with Gasteiger partial charge < -0.3 is 15.4 Å². The van der Waals surface area contributed by atoms with Crippen molar-refractivity contribution in [3.63, 3.8) is 0 Å². The molecule has 32 heavy (non-hydrogen) atoms. The van der Waals surface area contributed by atoms with Crippen LogP contribution in [0, 0.1) is 0 Å². The summed E-state index contributed by atoms with van der Waals surface area (Å²) in [4.78, 5) is 20.0. The number of hydrogen-bond donors (Lipinski definition) is 2. The van der Waals surface area contributed by atoms with Crippen molar-refractivity contribution < 1.29 is 9.13 Å². The molecule has 2 atom stereocenters. The summed E-state index contributed by atoms with van der Waals surface area (Å²) in [7, 11) is 1.80. The van der Waals surface area contributed by atoms with Crippen LogP contribution >= 0.6 is 0 Å². The van der Waals surface area contributed by atoms with Crippen LogP contribution in [0.25, 0.3) is 27.9 Å². The van der Waals surface area contributed by atoms with Crippen molar-refractivity contribution in [3.8, 4) is 11.3 Å². The van der Waals surface area contributed by atoms with Crippen LogP contribution in [0.1, 0.15) is 0 Å². The van der Waals surface area contributed by atoms with E-state index in [9.17, 15) is 4.39 Å². The van der Waals surface area contributed by atoms with Crippen molar-refractivity contribution in [1.29, 1.82) is 0 Å². The third-order valence-electron chi connectivity index (χ3n) is 6.08. The highest BCUT2D eigenvalue weighted by Crippen LogP contribution is 2.30. The Morgan fingerprint density at radius 1 is 1.09 bits per heavy atom. The maximum Gasteiger partial charge on any atom is 0.243 e. The van der Waals surface area contributed by atoms with Gasteiger partial charge in [0.25, 0.3) is 0 Å². The van der Waals surface area contributed by atoms with Crippen molar-refractivity contribution >= 4 is 28.4 Å². The van der Waals surface area contributed by atoms with Gasteiger partial charge in [0.05, 0.1) is 31.0 Å². The first-order valence-corrected chi connectivity index (χ1v) is 10.6. The topological polar surface area (TPSA) is 105 Å². The average Bonchev–Trinajstić information content (AvgIpc) is 3.35. The average molecular weight is 435 g/mol. The molecular formula is C21H22FN9O. The Hall–Kier alpha value is -3.44. The standard InChI is InChI=1S/C21H22FN9O/c1-23-20-18-13(15-2-3-16-19(26-15)25-6-5-24-16)4-7-31(18)29-21(28-20)27-17-9-30(8-14(17)22)12-10-32-11-12/h2-7,12,14,17H,8-11H2,1H3,(H2,23,27,28,29)/t14-,17+/m1/s1. The van der Waals surface area contributed by atoms with Gasteiger partial charge in [-0.3, -0.25) is 9.88 Å². The van der Waals surface area contributed by atoms with Crippen molar-refractivity contribution in [2.24, 2.45) is 0 Å². The number of fused-ring (bicyclic) bond motifs is 2. The molecule has 0 saturated carbocycles. The smallest absolute Gasteiger partial charge is 0.243 e. The summed E-state index contributed by atoms with van der Waals surface area (Å²) in [6.45, 7) is 2.35. The Labute approximate surface area is 182 Å². The molecule has 0 bridgehead atoms. The molecule has 2 saturated heterocycles. The summed E-state index contributed by atoms with van der Waals surface area (Å²) in [6, 6.07) is 5.68. The van der Waals surface area contributed by atoms with Crippen LogP contribution in [-0.4, -0.2) is 86.1 Å². The highest BCUT2D eigenvalue weighted by Gasteiger charge is 2.39. The summed E-state index contributed by atoms with van der Waals surface area (Å²) in [5, 5.41) is 10.9. The quantitative estimate of drug-likeness (QED) is 0.484. The lowest BCUT2D eigenvalue weighted by molar-refractivity contribution is -0.0585. The van der Waals surface area contributed by atoms with Crippen molar-refractivity contribution in [1.82, 2.24) is 34.4 Å². The van der Waals surface area contributed by atoms with Gasteiger partial charge in [-0.05, 0) is 18.2 Å². The lowest BCUT2D eigenvalue weighted by Crippen LogP contribution is -2.48. The Kier molecular flexibility index (Phi) is 4.58. The Morgan fingerprint density at radius 3 is 2.78 bits per heavy atom. The molecule has 0 spiro atoms. The van der Waals surface area contributed by atoms with E-state index in [1.54, 1.807) is 24.0 Å². The minimum Gasteiger partial charge on any atom is -0.378 e. The van der Waals surface area contributed by atoms with E-state index >= 15 is 0 Å². The second kappa shape index (κ2) is 7.61. The Balaban J connectivity index is 1.32. The van der Waals surface area contributed by atoms with Crippen LogP contribution in [0.15, 0.2) is 36.8 Å². The third kappa shape index (κ3) is 3.21. The van der Waals surface area contributed by atoms with Gasteiger partial charge in [-0.2, -0.15) is 4.98 Å². The number of anilines is 2. The number of likely N-dealkylation sites (tertiary alicyclic amines) is 1. The molecule has 0 aromatic carbocycles. The van der Waals surface area contributed by atoms with Gasteiger partial charge in [-0.15, -0.1) is 5.10 Å². The molecule has 10 nitrogen and oxygen atoms in total. The number of ether oxygens (including phenoxy) is 1. The maximum atomic E-state index is 14.7. The number of halogens is 1. The highest BCUT2D eigenvalue weighted by atomic mass is 19.1. The van der Waals surface area contributed by atoms with E-state index in [0.717, 1.165) is 22.3 Å². The van der Waals surface area contributed by atoms with Gasteiger partial charge in [-0.25, -0.2) is 18.9 Å². The van der Waals surface area contributed by atoms with E-state index in [4.69, 9.17) is 4.74 Å². The van der Waals surface area contributed by atoms with Crippen molar-refractivity contribution in [2.45, 2.75) is 18.3 Å². The molecular weight excluding hydrogens is 413 g/mol. The predicted molar refractivity (Wildman–Crippen MR) is 117 cm³/mol. The molecule has 2 aliphatic heterocycles. The summed E-state index contributed by atoms with van der Waals surface area (Å²) >= 11 is 0. The number of aromatic nitrogens is 6. The first-order chi connectivity index (χ1) is 15.7. The molecule has 6 rings (SSSR count). The van der Waals surface area contributed by atoms with Crippen molar-refractivity contribution in [2.75, 3.05) is 44.0 Å². The van der Waals surface area contributed by atoms with E-state index in [2.05, 4.69) is 40.6 Å². The zero-order valence-corrected chi connectivity index (χ0v) is 17.4. The Bertz CT molecular complexity index is 1290. The summed E-state index contributed by atoms with van der Waals surface area (Å²) in [6.07, 6.45) is 4.12. The molecule has 4 aromatic rings. The van der Waals surface area contributed by atoms with Crippen LogP contribution < -0.4 is 10.6 Å². The zero-order chi connectivity index (χ0) is 21.7. The normalized spacial score (nSPS) is 21.8. The van der Waals surface area contributed by atoms with Crippen LogP contribution in [0.2, 0.25) is 0 Å². The number of alkyl halides is 1. The number of hydrogen-bond acceptors (Lipinski definition) is 9. The number of nitrogens with zero attached hydrogens (tertiary/aromatic N) is 7. The van der Waals surface area contributed by atoms with Gasteiger partial charge in [0.2, 0.25) is 5.95 Å². The second-order valence-corrected chi connectivity index (χ2v) is 8.06. The summed E-state index contributed by atoms with van der Waals surface area (Å²) in [5.41, 5.74) is 3.71. The second-order valence-electron chi connectivity index (χ2n) is 8.06. The molecule has 2 aliphatic rings. The molecule has 4 aromatic heterocycles. The number of pyridine rings is 1. The lowest BCUT2D eigenvalue weighted by atomic mass is 10.2. The molecule has 0 unspecified atom stereocenters. The van der Waals surface area contributed by atoms with Crippen LogP contribution in [-0.2, 0) is 4.74 Å². The number of rotatable bonds is 5. The fraction of sp³-hybridized carbons (Fsp3) is 0.381. The van der Waals surface area contributed by atoms with Crippen molar-refractivity contribution in [3.05, 3.63) is 36.8 Å². The summed E-state index contributed by atoms with van der Waals surface area (Å²) in [5.74, 6) is 1.00. The molecule has 0 radical (unpaired) electrons. The molecule has 0 aliphatic carbocycles. The minimum atomic E-state index is -0.990. The first kappa shape index (κ1) is 19.3. The largest absolute Gasteiger partial charge is 0.378 e. The molecule has 2 fully saturated rings. The molecule has 0 amide bonds. The van der Waals surface area contributed by atoms with Gasteiger partial charge in [-0.1, -0.05) is 0 Å².